The molecule has 4 N–H and O–H groups in total. The van der Waals surface area contributed by atoms with Crippen LogP contribution in [0.1, 0.15) is 96.5 Å². The number of methoxy groups -OCH3 is 1. The third kappa shape index (κ3) is 5.76. The molecule has 2 atom stereocenters. The number of amides is 1. The van der Waals surface area contributed by atoms with Crippen molar-refractivity contribution in [2.24, 2.45) is 0 Å². The maximum absolute atomic E-state index is 13.7. The van der Waals surface area contributed by atoms with E-state index in [0.29, 0.717) is 35.7 Å². The Morgan fingerprint density at radius 2 is 1.61 bits per heavy atom. The van der Waals surface area contributed by atoms with Crippen molar-refractivity contribution < 1.29 is 24.5 Å². The molecule has 0 aliphatic carbocycles. The van der Waals surface area contributed by atoms with E-state index >= 15 is 0 Å². The number of nitrogens with one attached hydrogen (secondary N) is 2. The lowest BCUT2D eigenvalue weighted by Gasteiger charge is -2.20. The minimum Gasteiger partial charge on any atom is -0.478 e. The third-order valence-corrected chi connectivity index (χ3v) is 9.81. The van der Waals surface area contributed by atoms with Gasteiger partial charge in [-0.2, -0.15) is 0 Å². The molecule has 10 nitrogen and oxygen atoms in total. The lowest BCUT2D eigenvalue weighted by atomic mass is 9.85. The molecule has 2 aliphatic heterocycles. The average molecular weight is 628 g/mol. The molecule has 0 saturated heterocycles. The number of nitrogens with zero attached hydrogens (tertiary/aromatic N) is 3. The van der Waals surface area contributed by atoms with E-state index in [0.717, 1.165) is 62.9 Å². The van der Waals surface area contributed by atoms with Crippen molar-refractivity contribution >= 4 is 45.1 Å². The summed E-state index contributed by atoms with van der Waals surface area (Å²) in [6, 6.07) is 5.95. The Hall–Kier alpha value is -4.28. The maximum atomic E-state index is 13.7. The van der Waals surface area contributed by atoms with Crippen LogP contribution in [0.5, 0.6) is 0 Å². The lowest BCUT2D eigenvalue weighted by Crippen LogP contribution is -2.32. The van der Waals surface area contributed by atoms with E-state index in [1.54, 1.807) is 26.0 Å². The molecule has 8 bridgehead atoms. The van der Waals surface area contributed by atoms with E-state index < -0.39 is 5.97 Å². The van der Waals surface area contributed by atoms with Gasteiger partial charge in [0.2, 0.25) is 5.91 Å². The highest BCUT2D eigenvalue weighted by Crippen LogP contribution is 2.43. The normalized spacial score (nSPS) is 16.3. The number of H-pyrrole nitrogens is 2. The minimum absolute atomic E-state index is 0.00465. The second-order valence-electron chi connectivity index (χ2n) is 12.4. The van der Waals surface area contributed by atoms with Crippen molar-refractivity contribution in [1.82, 2.24) is 24.8 Å². The van der Waals surface area contributed by atoms with Crippen molar-refractivity contribution in [3.05, 3.63) is 68.8 Å². The number of hydrogen-bond acceptors (Lipinski definition) is 6. The molecule has 1 amide bonds. The minimum atomic E-state index is -1.09. The molecule has 2 aliphatic rings. The number of ether oxygens (including phenoxy) is 1. The Balaban J connectivity index is 1.98. The first kappa shape index (κ1) is 33.1. The number of aliphatic carboxylic acids is 1. The van der Waals surface area contributed by atoms with E-state index in [-0.39, 0.29) is 42.0 Å². The molecule has 10 heteroatoms. The number of aryl methyl sites for hydroxylation is 3. The number of hydrogen-bond donors (Lipinski definition) is 4. The van der Waals surface area contributed by atoms with Crippen LogP contribution in [0, 0.1) is 13.8 Å². The number of allylic oxidation sites excluding steroid dienone is 1. The summed E-state index contributed by atoms with van der Waals surface area (Å²) in [5.74, 6) is -1.32. The van der Waals surface area contributed by atoms with Crippen LogP contribution < -0.4 is 0 Å². The summed E-state index contributed by atoms with van der Waals surface area (Å²) in [5, 5.41) is 20.9. The van der Waals surface area contributed by atoms with Gasteiger partial charge in [0.05, 0.1) is 42.3 Å². The number of carboxylic acid groups (broad SMARTS) is 1. The number of carbonyl (C=O) groups is 2. The number of carboxylic acids is 1. The van der Waals surface area contributed by atoms with E-state index in [2.05, 4.69) is 37.7 Å². The van der Waals surface area contributed by atoms with E-state index in [1.165, 1.54) is 0 Å². The number of carbonyl (C=O) groups excluding carboxylic acids is 1. The van der Waals surface area contributed by atoms with Crippen molar-refractivity contribution in [3.8, 4) is 0 Å². The summed E-state index contributed by atoms with van der Waals surface area (Å²) in [6.45, 7) is 12.8. The number of rotatable bonds is 9. The highest BCUT2D eigenvalue weighted by atomic mass is 16.5. The third-order valence-electron chi connectivity index (χ3n) is 9.81. The zero-order chi connectivity index (χ0) is 33.4. The molecule has 3 aromatic heterocycles. The van der Waals surface area contributed by atoms with Crippen molar-refractivity contribution in [2.45, 2.75) is 79.2 Å². The highest BCUT2D eigenvalue weighted by Gasteiger charge is 2.34. The lowest BCUT2D eigenvalue weighted by molar-refractivity contribution is -0.131. The zero-order valence-corrected chi connectivity index (χ0v) is 28.1. The van der Waals surface area contributed by atoms with Crippen molar-refractivity contribution in [2.75, 3.05) is 27.3 Å². The fourth-order valence-corrected chi connectivity index (χ4v) is 6.87. The largest absolute Gasteiger partial charge is 0.478 e. The first-order valence-corrected chi connectivity index (χ1v) is 16.0. The molecule has 0 saturated carbocycles. The second kappa shape index (κ2) is 13.2. The zero-order valence-electron chi connectivity index (χ0n) is 28.1. The van der Waals surface area contributed by atoms with Crippen LogP contribution in [0.3, 0.4) is 0 Å². The summed E-state index contributed by atoms with van der Waals surface area (Å²) in [6.07, 6.45) is 1.44. The fourth-order valence-electron chi connectivity index (χ4n) is 6.87. The van der Waals surface area contributed by atoms with Gasteiger partial charge in [-0.3, -0.25) is 9.78 Å². The molecule has 46 heavy (non-hydrogen) atoms. The summed E-state index contributed by atoms with van der Waals surface area (Å²) in [5.41, 5.74) is 10.8. The molecule has 0 spiro atoms. The highest BCUT2D eigenvalue weighted by molar-refractivity contribution is 6.24. The molecular weight excluding hydrogens is 582 g/mol. The predicted molar refractivity (Wildman–Crippen MR) is 181 cm³/mol. The molecule has 3 aromatic rings. The van der Waals surface area contributed by atoms with Gasteiger partial charge in [-0.05, 0) is 74.1 Å². The maximum Gasteiger partial charge on any atom is 0.338 e. The molecule has 0 aromatic carbocycles. The summed E-state index contributed by atoms with van der Waals surface area (Å²) < 4.78 is 5.20. The smallest absolute Gasteiger partial charge is 0.338 e. The first-order chi connectivity index (χ1) is 21.9. The Morgan fingerprint density at radius 3 is 2.22 bits per heavy atom. The summed E-state index contributed by atoms with van der Waals surface area (Å²) >= 11 is 0. The van der Waals surface area contributed by atoms with Crippen LogP contribution >= 0.6 is 0 Å². The average Bonchev–Trinajstić information content (AvgIpc) is 3.71. The number of fused-ring (bicyclic) bond motifs is 8. The molecular formula is C36H45N5O5. The number of aliphatic hydroxyl groups excluding tert-OH is 1. The van der Waals surface area contributed by atoms with Crippen LogP contribution in [-0.2, 0) is 33.8 Å². The van der Waals surface area contributed by atoms with Crippen molar-refractivity contribution in [1.29, 1.82) is 0 Å². The molecule has 244 valence electrons. The monoisotopic (exact) mass is 627 g/mol. The fraction of sp³-hybridized carbons (Fsp3) is 0.444. The second-order valence-corrected chi connectivity index (χ2v) is 12.4. The Bertz CT molecular complexity index is 1900. The number of aromatic amines is 2. The van der Waals surface area contributed by atoms with Gasteiger partial charge in [0.15, 0.2) is 0 Å². The van der Waals surface area contributed by atoms with Gasteiger partial charge in [-0.25, -0.2) is 9.78 Å². The first-order valence-electron chi connectivity index (χ1n) is 16.0. The predicted octanol–water partition coefficient (Wildman–Crippen LogP) is 5.95. The summed E-state index contributed by atoms with van der Waals surface area (Å²) in [7, 11) is 3.31. The van der Waals surface area contributed by atoms with E-state index in [9.17, 15) is 19.8 Å². The van der Waals surface area contributed by atoms with Gasteiger partial charge >= 0.3 is 5.97 Å². The topological polar surface area (TPSA) is 144 Å². The Morgan fingerprint density at radius 1 is 0.957 bits per heavy atom. The Labute approximate surface area is 269 Å². The summed E-state index contributed by atoms with van der Waals surface area (Å²) in [4.78, 5) is 45.4. The molecule has 5 heterocycles. The van der Waals surface area contributed by atoms with Gasteiger partial charge in [-0.1, -0.05) is 20.8 Å². The van der Waals surface area contributed by atoms with Gasteiger partial charge in [0, 0.05) is 71.4 Å². The van der Waals surface area contributed by atoms with Crippen LogP contribution in [-0.4, -0.2) is 74.2 Å². The van der Waals surface area contributed by atoms with Gasteiger partial charge in [0.25, 0.3) is 0 Å². The van der Waals surface area contributed by atoms with Crippen molar-refractivity contribution in [3.63, 3.8) is 0 Å². The van der Waals surface area contributed by atoms with Gasteiger partial charge < -0.3 is 29.8 Å². The standard InChI is InChI=1S/C36H45N5O5/c1-9-22-18(3)27-15-31-25(17-42)20(5)26(38-31)14-28-19(4)23(10-2)34(39-28)24(13-32(43)41(7)11-12-46-8)35-33(36(44)45)21(6)29(40-35)16-30(22)37-27/h14-16,19,23,37-38,42H,9-13,17H2,1-8H3,(H,44,45)/t19-,23-/m0/s1. The van der Waals surface area contributed by atoms with E-state index in [4.69, 9.17) is 14.7 Å². The van der Waals surface area contributed by atoms with E-state index in [1.807, 2.05) is 25.1 Å². The number of aliphatic hydroxyl groups is 1. The van der Waals surface area contributed by atoms with Crippen LogP contribution in [0.4, 0.5) is 0 Å². The van der Waals surface area contributed by atoms with Gasteiger partial charge in [-0.15, -0.1) is 0 Å². The number of aromatic nitrogens is 4. The molecule has 5 rings (SSSR count). The molecule has 0 unspecified atom stereocenters. The van der Waals surface area contributed by atoms with Crippen LogP contribution in [0.15, 0.2) is 18.2 Å². The van der Waals surface area contributed by atoms with Crippen LogP contribution in [0.25, 0.3) is 33.2 Å². The van der Waals surface area contributed by atoms with Gasteiger partial charge in [0.1, 0.15) is 0 Å². The number of likely N-dealkylation sites (N-methyl/N-ethyl adjacent to an activating group) is 1. The SMILES string of the molecule is CCc1c(C)c2cc3[nH]c(cc4nc(c(CC(=O)N(C)CCOC)c5nc(cc1[nH]2)C(C)=C5C(=O)O)[C@@H](CC)[C@@H]4C)c(C)c3CO. The quantitative estimate of drug-likeness (QED) is 0.230. The van der Waals surface area contributed by atoms with Crippen LogP contribution in [0.2, 0.25) is 0 Å². The Kier molecular flexibility index (Phi) is 9.51. The molecule has 0 fully saturated rings. The molecule has 0 radical (unpaired) electrons.